The maximum absolute atomic E-state index is 12.1. The first-order chi connectivity index (χ1) is 13.6. The Morgan fingerprint density at radius 3 is 2.61 bits per heavy atom. The van der Waals surface area contributed by atoms with Crippen LogP contribution < -0.4 is 9.47 Å². The van der Waals surface area contributed by atoms with Gasteiger partial charge < -0.3 is 14.6 Å². The van der Waals surface area contributed by atoms with Crippen molar-refractivity contribution in [2.75, 3.05) is 37.8 Å². The molecule has 0 saturated carbocycles. The predicted molar refractivity (Wildman–Crippen MR) is 109 cm³/mol. The lowest BCUT2D eigenvalue weighted by Crippen LogP contribution is -2.45. The Morgan fingerprint density at radius 1 is 1.25 bits per heavy atom. The number of β-amino-alcohol motifs (C(OH)–C–C–N with tert-alkyl or cyclic N) is 1. The first-order valence-corrected chi connectivity index (χ1v) is 11.2. The molecule has 2 heterocycles. The van der Waals surface area contributed by atoms with Gasteiger partial charge >= 0.3 is 0 Å². The van der Waals surface area contributed by atoms with Crippen molar-refractivity contribution in [3.05, 3.63) is 42.2 Å². The van der Waals surface area contributed by atoms with E-state index in [1.54, 1.807) is 0 Å². The molecule has 1 N–H and O–H groups in total. The van der Waals surface area contributed by atoms with Gasteiger partial charge in [0.15, 0.2) is 0 Å². The minimum atomic E-state index is -0.840. The van der Waals surface area contributed by atoms with Gasteiger partial charge in [-0.2, -0.15) is 5.10 Å². The molecule has 2 aromatic rings. The number of ether oxygens (including phenoxy) is 2. The lowest BCUT2D eigenvalue weighted by molar-refractivity contribution is 0.0562. The molecule has 0 aliphatic carbocycles. The molecule has 1 saturated heterocycles. The summed E-state index contributed by atoms with van der Waals surface area (Å²) in [5, 5.41) is 14.8. The molecule has 0 radical (unpaired) electrons. The second kappa shape index (κ2) is 10.0. The zero-order valence-electron chi connectivity index (χ0n) is 16.5. The minimum absolute atomic E-state index is 0.00927. The molecule has 1 aromatic carbocycles. The van der Waals surface area contributed by atoms with Crippen LogP contribution in [0.15, 0.2) is 36.7 Å². The van der Waals surface area contributed by atoms with Crippen LogP contribution in [0.4, 0.5) is 0 Å². The quantitative estimate of drug-likeness (QED) is 0.684. The van der Waals surface area contributed by atoms with Crippen LogP contribution in [-0.4, -0.2) is 67.9 Å². The Morgan fingerprint density at radius 2 is 1.96 bits per heavy atom. The van der Waals surface area contributed by atoms with E-state index in [1.165, 1.54) is 0 Å². The van der Waals surface area contributed by atoms with Crippen molar-refractivity contribution < 1.29 is 18.8 Å². The van der Waals surface area contributed by atoms with Gasteiger partial charge in [-0.05, 0) is 38.1 Å². The Bertz CT molecular complexity index is 765. The highest BCUT2D eigenvalue weighted by atomic mass is 32.2. The van der Waals surface area contributed by atoms with E-state index in [2.05, 4.69) is 10.00 Å². The molecule has 1 fully saturated rings. The highest BCUT2D eigenvalue weighted by molar-refractivity contribution is 7.85. The van der Waals surface area contributed by atoms with Crippen molar-refractivity contribution in [1.29, 1.82) is 0 Å². The summed E-state index contributed by atoms with van der Waals surface area (Å²) in [6.45, 7) is 6.76. The van der Waals surface area contributed by atoms with E-state index < -0.39 is 16.9 Å². The van der Waals surface area contributed by atoms with Crippen LogP contribution >= 0.6 is 0 Å². The number of nitrogens with zero attached hydrogens (tertiary/aromatic N) is 3. The van der Waals surface area contributed by atoms with Gasteiger partial charge in [0, 0.05) is 59.7 Å². The van der Waals surface area contributed by atoms with Gasteiger partial charge in [-0.25, -0.2) is 0 Å². The Balaban J connectivity index is 1.56. The van der Waals surface area contributed by atoms with Crippen LogP contribution in [0.3, 0.4) is 0 Å². The number of benzene rings is 1. The van der Waals surface area contributed by atoms with E-state index in [0.29, 0.717) is 37.0 Å². The first-order valence-electron chi connectivity index (χ1n) is 9.74. The fourth-order valence-corrected chi connectivity index (χ4v) is 4.66. The molecule has 8 heteroatoms. The van der Waals surface area contributed by atoms with Crippen LogP contribution in [0.2, 0.25) is 0 Å². The van der Waals surface area contributed by atoms with Gasteiger partial charge in [-0.15, -0.1) is 0 Å². The number of hydrogen-bond acceptors (Lipinski definition) is 6. The monoisotopic (exact) mass is 407 g/mol. The van der Waals surface area contributed by atoms with Crippen molar-refractivity contribution in [1.82, 2.24) is 14.7 Å². The zero-order chi connectivity index (χ0) is 19.9. The smallest absolute Gasteiger partial charge is 0.119 e. The van der Waals surface area contributed by atoms with E-state index in [-0.39, 0.29) is 12.6 Å². The van der Waals surface area contributed by atoms with E-state index in [1.807, 2.05) is 55.2 Å². The fraction of sp³-hybridized carbons (Fsp3) is 0.550. The average molecular weight is 408 g/mol. The lowest BCUT2D eigenvalue weighted by atomic mass is 10.1. The van der Waals surface area contributed by atoms with Gasteiger partial charge in [-0.3, -0.25) is 13.8 Å². The Labute approximate surface area is 168 Å². The summed E-state index contributed by atoms with van der Waals surface area (Å²) in [6, 6.07) is 7.39. The summed E-state index contributed by atoms with van der Waals surface area (Å²) >= 11 is 0. The standard InChI is InChI=1S/C20H29N3O4S/c1-3-23-12-16(11-21-23)20-15-28(25)10-9-22(20)13-17(24)14-27-19-7-5-18(6-8-19)26-4-2/h5-8,11-12,17,20,24H,3-4,9-10,13-15H2,1-2H3. The largest absolute Gasteiger partial charge is 0.494 e. The molecule has 3 atom stereocenters. The number of aliphatic hydroxyl groups is 1. The van der Waals surface area contributed by atoms with Gasteiger partial charge in [-0.1, -0.05) is 0 Å². The van der Waals surface area contributed by atoms with Crippen LogP contribution in [0.1, 0.15) is 25.5 Å². The highest BCUT2D eigenvalue weighted by Crippen LogP contribution is 2.25. The SMILES string of the molecule is CCOc1ccc(OCC(O)CN2CCS(=O)CC2c2cnn(CC)c2)cc1. The van der Waals surface area contributed by atoms with E-state index in [4.69, 9.17) is 9.47 Å². The normalized spacial score (nSPS) is 21.4. The molecule has 1 aliphatic rings. The molecule has 0 amide bonds. The van der Waals surface area contributed by atoms with Gasteiger partial charge in [0.2, 0.25) is 0 Å². The fourth-order valence-electron chi connectivity index (χ4n) is 3.30. The van der Waals surface area contributed by atoms with Crippen LogP contribution in [0, 0.1) is 0 Å². The van der Waals surface area contributed by atoms with Gasteiger partial charge in [0.1, 0.15) is 24.2 Å². The molecule has 154 valence electrons. The summed E-state index contributed by atoms with van der Waals surface area (Å²) in [5.41, 5.74) is 1.05. The highest BCUT2D eigenvalue weighted by Gasteiger charge is 2.30. The maximum Gasteiger partial charge on any atom is 0.119 e. The third kappa shape index (κ3) is 5.56. The molecule has 0 spiro atoms. The van der Waals surface area contributed by atoms with E-state index in [0.717, 1.165) is 17.9 Å². The average Bonchev–Trinajstić information content (AvgIpc) is 3.18. The lowest BCUT2D eigenvalue weighted by Gasteiger charge is -2.35. The number of aliphatic hydroxyl groups excluding tert-OH is 1. The van der Waals surface area contributed by atoms with E-state index >= 15 is 0 Å². The minimum Gasteiger partial charge on any atom is -0.494 e. The zero-order valence-corrected chi connectivity index (χ0v) is 17.3. The summed E-state index contributed by atoms with van der Waals surface area (Å²) < 4.78 is 25.1. The molecule has 0 bridgehead atoms. The van der Waals surface area contributed by atoms with E-state index in [9.17, 15) is 9.32 Å². The van der Waals surface area contributed by atoms with Crippen molar-refractivity contribution in [3.8, 4) is 11.5 Å². The van der Waals surface area contributed by atoms with Crippen molar-refractivity contribution in [2.45, 2.75) is 32.5 Å². The van der Waals surface area contributed by atoms with Crippen LogP contribution in [-0.2, 0) is 17.3 Å². The molecule has 3 rings (SSSR count). The molecule has 1 aromatic heterocycles. The molecule has 1 aliphatic heterocycles. The predicted octanol–water partition coefficient (Wildman–Crippen LogP) is 1.85. The summed E-state index contributed by atoms with van der Waals surface area (Å²) in [7, 11) is -0.840. The second-order valence-corrected chi connectivity index (χ2v) is 8.44. The molecule has 7 nitrogen and oxygen atoms in total. The summed E-state index contributed by atoms with van der Waals surface area (Å²) in [4.78, 5) is 2.19. The molecule has 28 heavy (non-hydrogen) atoms. The van der Waals surface area contributed by atoms with Crippen LogP contribution in [0.25, 0.3) is 0 Å². The first kappa shape index (κ1) is 20.8. The molecular weight excluding hydrogens is 378 g/mol. The molecular formula is C20H29N3O4S. The van der Waals surface area contributed by atoms with Crippen molar-refractivity contribution in [2.24, 2.45) is 0 Å². The van der Waals surface area contributed by atoms with Crippen molar-refractivity contribution >= 4 is 10.8 Å². The summed E-state index contributed by atoms with van der Waals surface area (Å²) in [6.07, 6.45) is 3.21. The summed E-state index contributed by atoms with van der Waals surface area (Å²) in [5.74, 6) is 2.70. The number of rotatable bonds is 9. The number of hydrogen-bond donors (Lipinski definition) is 1. The van der Waals surface area contributed by atoms with Crippen LogP contribution in [0.5, 0.6) is 11.5 Å². The third-order valence-electron chi connectivity index (χ3n) is 4.78. The molecule has 3 unspecified atom stereocenters. The second-order valence-electron chi connectivity index (χ2n) is 6.82. The third-order valence-corrected chi connectivity index (χ3v) is 6.10. The Hall–Kier alpha value is -1.90. The van der Waals surface area contributed by atoms with Gasteiger partial charge in [0.05, 0.1) is 12.8 Å². The maximum atomic E-state index is 12.1. The Kier molecular flexibility index (Phi) is 7.47. The van der Waals surface area contributed by atoms with Gasteiger partial charge in [0.25, 0.3) is 0 Å². The van der Waals surface area contributed by atoms with Crippen molar-refractivity contribution in [3.63, 3.8) is 0 Å². The number of aromatic nitrogens is 2. The number of aryl methyl sites for hydroxylation is 1. The topological polar surface area (TPSA) is 76.8 Å².